The number of benzene rings is 1. The molecule has 1 N–H and O–H groups in total. The first kappa shape index (κ1) is 20.0. The van der Waals surface area contributed by atoms with Crippen LogP contribution in [0.5, 0.6) is 0 Å². The molecule has 0 saturated carbocycles. The monoisotopic (exact) mass is 389 g/mol. The molecule has 1 unspecified atom stereocenters. The van der Waals surface area contributed by atoms with Crippen molar-refractivity contribution < 1.29 is 9.18 Å². The van der Waals surface area contributed by atoms with Gasteiger partial charge in [-0.3, -0.25) is 9.69 Å². The van der Waals surface area contributed by atoms with Gasteiger partial charge in [0, 0.05) is 29.1 Å². The van der Waals surface area contributed by atoms with Crippen LogP contribution in [0.3, 0.4) is 0 Å². The Morgan fingerprint density at radius 3 is 2.63 bits per heavy atom. The van der Waals surface area contributed by atoms with Crippen LogP contribution in [-0.2, 0) is 11.3 Å². The van der Waals surface area contributed by atoms with Crippen LogP contribution in [0.1, 0.15) is 50.2 Å². The molecular weight excluding hydrogens is 361 g/mol. The summed E-state index contributed by atoms with van der Waals surface area (Å²) in [5.74, 6) is 0.258. The van der Waals surface area contributed by atoms with E-state index in [1.165, 1.54) is 6.07 Å². The molecule has 2 aromatic rings. The molecule has 4 nitrogen and oxygen atoms in total. The molecule has 1 atom stereocenters. The lowest BCUT2D eigenvalue weighted by Crippen LogP contribution is -2.43. The standard InChI is InChI=1S/C21H28FN3OS/c1-21(2,3)20(26)24-18(19-23-10-13-27-19)15-8-11-25(12-9-15)14-16-6-4-5-7-17(16)22/h4-7,10,13,15,18H,8-9,11-12,14H2,1-3H3,(H,24,26). The molecule has 1 aliphatic rings. The largest absolute Gasteiger partial charge is 0.346 e. The van der Waals surface area contributed by atoms with Gasteiger partial charge in [-0.2, -0.15) is 0 Å². The lowest BCUT2D eigenvalue weighted by atomic mass is 9.87. The third kappa shape index (κ3) is 5.14. The highest BCUT2D eigenvalue weighted by Gasteiger charge is 2.33. The van der Waals surface area contributed by atoms with Gasteiger partial charge in [-0.15, -0.1) is 11.3 Å². The lowest BCUT2D eigenvalue weighted by Gasteiger charge is -2.36. The Labute approximate surface area is 164 Å². The van der Waals surface area contributed by atoms with E-state index in [-0.39, 0.29) is 17.8 Å². The van der Waals surface area contributed by atoms with E-state index in [1.807, 2.05) is 38.3 Å². The topological polar surface area (TPSA) is 45.2 Å². The number of aromatic nitrogens is 1. The highest BCUT2D eigenvalue weighted by Crippen LogP contribution is 2.33. The van der Waals surface area contributed by atoms with Gasteiger partial charge in [-0.1, -0.05) is 39.0 Å². The van der Waals surface area contributed by atoms with Gasteiger partial charge in [0.1, 0.15) is 10.8 Å². The third-order valence-corrected chi connectivity index (χ3v) is 6.00. The fraction of sp³-hybridized carbons (Fsp3) is 0.524. The average Bonchev–Trinajstić information content (AvgIpc) is 3.16. The second-order valence-electron chi connectivity index (χ2n) is 8.28. The third-order valence-electron chi connectivity index (χ3n) is 5.14. The number of likely N-dealkylation sites (tertiary alicyclic amines) is 1. The second kappa shape index (κ2) is 8.48. The molecule has 27 heavy (non-hydrogen) atoms. The zero-order valence-electron chi connectivity index (χ0n) is 16.2. The average molecular weight is 390 g/mol. The Kier molecular flexibility index (Phi) is 6.27. The van der Waals surface area contributed by atoms with Gasteiger partial charge in [0.05, 0.1) is 6.04 Å². The molecule has 0 bridgehead atoms. The van der Waals surface area contributed by atoms with Gasteiger partial charge in [0.2, 0.25) is 5.91 Å². The van der Waals surface area contributed by atoms with E-state index in [2.05, 4.69) is 15.2 Å². The van der Waals surface area contributed by atoms with Crippen LogP contribution in [0.25, 0.3) is 0 Å². The molecule has 1 saturated heterocycles. The number of piperidine rings is 1. The van der Waals surface area contributed by atoms with Crippen molar-refractivity contribution >= 4 is 17.2 Å². The van der Waals surface area contributed by atoms with E-state index in [0.717, 1.165) is 36.5 Å². The van der Waals surface area contributed by atoms with Gasteiger partial charge in [0.15, 0.2) is 0 Å². The minimum Gasteiger partial charge on any atom is -0.346 e. The summed E-state index contributed by atoms with van der Waals surface area (Å²) in [5, 5.41) is 6.16. The van der Waals surface area contributed by atoms with Gasteiger partial charge < -0.3 is 5.32 Å². The summed E-state index contributed by atoms with van der Waals surface area (Å²) >= 11 is 1.59. The molecule has 1 aromatic carbocycles. The van der Waals surface area contributed by atoms with Crippen LogP contribution in [0.2, 0.25) is 0 Å². The Balaban J connectivity index is 1.64. The van der Waals surface area contributed by atoms with Crippen LogP contribution in [0.4, 0.5) is 4.39 Å². The molecule has 3 rings (SSSR count). The first-order valence-corrected chi connectivity index (χ1v) is 10.4. The summed E-state index contributed by atoms with van der Waals surface area (Å²) in [6.45, 7) is 8.21. The number of nitrogens with zero attached hydrogens (tertiary/aromatic N) is 2. The second-order valence-corrected chi connectivity index (χ2v) is 9.20. The number of halogens is 1. The quantitative estimate of drug-likeness (QED) is 0.824. The molecule has 0 aliphatic carbocycles. The number of hydrogen-bond acceptors (Lipinski definition) is 4. The van der Waals surface area contributed by atoms with Crippen molar-refractivity contribution in [2.75, 3.05) is 13.1 Å². The van der Waals surface area contributed by atoms with E-state index in [4.69, 9.17) is 0 Å². The molecule has 0 radical (unpaired) electrons. The highest BCUT2D eigenvalue weighted by atomic mass is 32.1. The van der Waals surface area contributed by atoms with Crippen molar-refractivity contribution in [3.63, 3.8) is 0 Å². The van der Waals surface area contributed by atoms with E-state index in [0.29, 0.717) is 12.5 Å². The predicted octanol–water partition coefficient (Wildman–Crippen LogP) is 4.40. The minimum atomic E-state index is -0.430. The number of rotatable bonds is 5. The number of thiazole rings is 1. The first-order valence-electron chi connectivity index (χ1n) is 9.50. The maximum absolute atomic E-state index is 13.9. The molecular formula is C21H28FN3OS. The highest BCUT2D eigenvalue weighted by molar-refractivity contribution is 7.09. The number of amides is 1. The maximum atomic E-state index is 13.9. The summed E-state index contributed by atoms with van der Waals surface area (Å²) in [4.78, 5) is 19.3. The zero-order valence-corrected chi connectivity index (χ0v) is 17.1. The summed E-state index contributed by atoms with van der Waals surface area (Å²) < 4.78 is 13.9. The van der Waals surface area contributed by atoms with Crippen LogP contribution in [0.15, 0.2) is 35.8 Å². The number of nitrogens with one attached hydrogen (secondary N) is 1. The molecule has 2 heterocycles. The number of carbonyl (C=O) groups excluding carboxylic acids is 1. The minimum absolute atomic E-state index is 0.0488. The van der Waals surface area contributed by atoms with Crippen LogP contribution >= 0.6 is 11.3 Å². The Morgan fingerprint density at radius 2 is 2.04 bits per heavy atom. The summed E-state index contributed by atoms with van der Waals surface area (Å²) in [6, 6.07) is 6.92. The number of hydrogen-bond donors (Lipinski definition) is 1. The van der Waals surface area contributed by atoms with E-state index in [1.54, 1.807) is 23.6 Å². The number of carbonyl (C=O) groups is 1. The molecule has 1 aromatic heterocycles. The fourth-order valence-electron chi connectivity index (χ4n) is 3.44. The van der Waals surface area contributed by atoms with Crippen LogP contribution in [-0.4, -0.2) is 28.9 Å². The molecule has 0 spiro atoms. The van der Waals surface area contributed by atoms with Crippen LogP contribution < -0.4 is 5.32 Å². The van der Waals surface area contributed by atoms with E-state index < -0.39 is 5.41 Å². The smallest absolute Gasteiger partial charge is 0.225 e. The summed E-state index contributed by atoms with van der Waals surface area (Å²) in [5.41, 5.74) is 0.314. The van der Waals surface area contributed by atoms with Gasteiger partial charge in [-0.05, 0) is 37.9 Å². The van der Waals surface area contributed by atoms with Crippen molar-refractivity contribution in [1.82, 2.24) is 15.2 Å². The maximum Gasteiger partial charge on any atom is 0.225 e. The van der Waals surface area contributed by atoms with Gasteiger partial charge in [0.25, 0.3) is 0 Å². The molecule has 146 valence electrons. The van der Waals surface area contributed by atoms with Crippen molar-refractivity contribution in [1.29, 1.82) is 0 Å². The normalized spacial score (nSPS) is 17.6. The molecule has 1 fully saturated rings. The zero-order chi connectivity index (χ0) is 19.4. The fourth-order valence-corrected chi connectivity index (χ4v) is 4.22. The van der Waals surface area contributed by atoms with E-state index >= 15 is 0 Å². The van der Waals surface area contributed by atoms with Crippen molar-refractivity contribution in [3.05, 3.63) is 52.2 Å². The van der Waals surface area contributed by atoms with E-state index in [9.17, 15) is 9.18 Å². The molecule has 6 heteroatoms. The van der Waals surface area contributed by atoms with Crippen molar-refractivity contribution in [2.24, 2.45) is 11.3 Å². The molecule has 1 amide bonds. The lowest BCUT2D eigenvalue weighted by molar-refractivity contribution is -0.129. The Morgan fingerprint density at radius 1 is 1.33 bits per heavy atom. The van der Waals surface area contributed by atoms with Crippen molar-refractivity contribution in [3.8, 4) is 0 Å². The predicted molar refractivity (Wildman–Crippen MR) is 107 cm³/mol. The van der Waals surface area contributed by atoms with Crippen LogP contribution in [0, 0.1) is 17.2 Å². The van der Waals surface area contributed by atoms with Gasteiger partial charge >= 0.3 is 0 Å². The first-order chi connectivity index (χ1) is 12.8. The Hall–Kier alpha value is -1.79. The van der Waals surface area contributed by atoms with Gasteiger partial charge in [-0.25, -0.2) is 9.37 Å². The SMILES string of the molecule is CC(C)(C)C(=O)NC(c1nccs1)C1CCN(Cc2ccccc2F)CC1. The summed E-state index contributed by atoms with van der Waals surface area (Å²) in [7, 11) is 0. The molecule has 1 aliphatic heterocycles. The Bertz CT molecular complexity index is 749. The summed E-state index contributed by atoms with van der Waals surface area (Å²) in [6.07, 6.45) is 3.72. The van der Waals surface area contributed by atoms with Crippen molar-refractivity contribution in [2.45, 2.75) is 46.2 Å².